The molecule has 1 aromatic heterocycles. The third-order valence-electron chi connectivity index (χ3n) is 3.27. The number of aryl methyl sites for hydroxylation is 1. The van der Waals surface area contributed by atoms with Gasteiger partial charge in [-0.25, -0.2) is 4.98 Å². The van der Waals surface area contributed by atoms with Crippen molar-refractivity contribution in [2.45, 2.75) is 45.2 Å². The molecule has 5 heteroatoms. The maximum atomic E-state index is 12.0. The third-order valence-corrected chi connectivity index (χ3v) is 4.37. The minimum Gasteiger partial charge on any atom is -0.347 e. The van der Waals surface area contributed by atoms with Crippen LogP contribution in [0.5, 0.6) is 0 Å². The summed E-state index contributed by atoms with van der Waals surface area (Å²) in [6, 6.07) is 0.00855. The molecular weight excluding hydrogens is 234 g/mol. The molecule has 0 aromatic carbocycles. The number of hydrogen-bond donors (Lipinski definition) is 2. The van der Waals surface area contributed by atoms with Crippen LogP contribution in [0, 0.1) is 12.8 Å². The Hall–Kier alpha value is -0.940. The summed E-state index contributed by atoms with van der Waals surface area (Å²) >= 11 is 1.62. The second-order valence-electron chi connectivity index (χ2n) is 4.74. The summed E-state index contributed by atoms with van der Waals surface area (Å²) in [5.41, 5.74) is 5.92. The van der Waals surface area contributed by atoms with Crippen molar-refractivity contribution in [2.24, 2.45) is 11.7 Å². The number of aromatic nitrogens is 1. The maximum Gasteiger partial charge on any atom is 0.225 e. The standard InChI is InChI=1S/C12H19N3OS/c1-7-6-14-12(17-7)8(2)15-11(16)9-4-3-5-10(9)13/h6,8-10H,3-5,13H2,1-2H3,(H,15,16). The van der Waals surface area contributed by atoms with E-state index in [0.717, 1.165) is 24.3 Å². The van der Waals surface area contributed by atoms with Crippen molar-refractivity contribution in [1.29, 1.82) is 0 Å². The zero-order chi connectivity index (χ0) is 12.4. The summed E-state index contributed by atoms with van der Waals surface area (Å²) in [6.45, 7) is 3.99. The predicted octanol–water partition coefficient (Wildman–Crippen LogP) is 1.76. The van der Waals surface area contributed by atoms with Crippen LogP contribution in [0.15, 0.2) is 6.20 Å². The van der Waals surface area contributed by atoms with E-state index in [4.69, 9.17) is 5.73 Å². The Labute approximate surface area is 106 Å². The Bertz CT molecular complexity index is 404. The van der Waals surface area contributed by atoms with E-state index in [1.807, 2.05) is 20.0 Å². The monoisotopic (exact) mass is 253 g/mol. The van der Waals surface area contributed by atoms with E-state index in [2.05, 4.69) is 10.3 Å². The Kier molecular flexibility index (Phi) is 3.79. The Morgan fingerprint density at radius 2 is 2.41 bits per heavy atom. The second-order valence-corrected chi connectivity index (χ2v) is 6.01. The topological polar surface area (TPSA) is 68.0 Å². The predicted molar refractivity (Wildman–Crippen MR) is 68.7 cm³/mol. The quantitative estimate of drug-likeness (QED) is 0.862. The van der Waals surface area contributed by atoms with Crippen molar-refractivity contribution in [1.82, 2.24) is 10.3 Å². The molecule has 94 valence electrons. The molecule has 0 spiro atoms. The summed E-state index contributed by atoms with van der Waals surface area (Å²) in [4.78, 5) is 17.5. The number of carbonyl (C=O) groups is 1. The van der Waals surface area contributed by atoms with E-state index in [1.165, 1.54) is 4.88 Å². The number of nitrogens with one attached hydrogen (secondary N) is 1. The van der Waals surface area contributed by atoms with Gasteiger partial charge in [-0.1, -0.05) is 6.42 Å². The molecule has 1 amide bonds. The molecule has 1 saturated carbocycles. The minimum absolute atomic E-state index is 0.0153. The summed E-state index contributed by atoms with van der Waals surface area (Å²) in [5.74, 6) is 0.0638. The first-order valence-corrected chi connectivity index (χ1v) is 6.88. The van der Waals surface area contributed by atoms with E-state index in [-0.39, 0.29) is 23.9 Å². The lowest BCUT2D eigenvalue weighted by Gasteiger charge is -2.18. The van der Waals surface area contributed by atoms with E-state index >= 15 is 0 Å². The van der Waals surface area contributed by atoms with E-state index < -0.39 is 0 Å². The highest BCUT2D eigenvalue weighted by Gasteiger charge is 2.31. The molecule has 3 unspecified atom stereocenters. The van der Waals surface area contributed by atoms with E-state index in [9.17, 15) is 4.79 Å². The zero-order valence-corrected chi connectivity index (χ0v) is 11.1. The summed E-state index contributed by atoms with van der Waals surface area (Å²) in [6.07, 6.45) is 4.77. The molecular formula is C12H19N3OS. The Morgan fingerprint density at radius 1 is 1.65 bits per heavy atom. The van der Waals surface area contributed by atoms with Gasteiger partial charge in [0, 0.05) is 17.1 Å². The smallest absolute Gasteiger partial charge is 0.225 e. The van der Waals surface area contributed by atoms with Crippen LogP contribution in [-0.2, 0) is 4.79 Å². The zero-order valence-electron chi connectivity index (χ0n) is 10.3. The van der Waals surface area contributed by atoms with Gasteiger partial charge in [0.2, 0.25) is 5.91 Å². The van der Waals surface area contributed by atoms with Gasteiger partial charge in [-0.2, -0.15) is 0 Å². The van der Waals surface area contributed by atoms with Gasteiger partial charge in [-0.05, 0) is 26.7 Å². The van der Waals surface area contributed by atoms with Crippen LogP contribution < -0.4 is 11.1 Å². The third kappa shape index (κ3) is 2.84. The molecule has 3 atom stereocenters. The van der Waals surface area contributed by atoms with Gasteiger partial charge in [-0.15, -0.1) is 11.3 Å². The van der Waals surface area contributed by atoms with E-state index in [0.29, 0.717) is 0 Å². The number of nitrogens with two attached hydrogens (primary N) is 1. The van der Waals surface area contributed by atoms with Gasteiger partial charge < -0.3 is 11.1 Å². The van der Waals surface area contributed by atoms with Gasteiger partial charge in [0.1, 0.15) is 5.01 Å². The van der Waals surface area contributed by atoms with Gasteiger partial charge >= 0.3 is 0 Å². The van der Waals surface area contributed by atoms with Gasteiger partial charge in [0.05, 0.1) is 12.0 Å². The fraction of sp³-hybridized carbons (Fsp3) is 0.667. The molecule has 1 fully saturated rings. The van der Waals surface area contributed by atoms with Crippen molar-refractivity contribution < 1.29 is 4.79 Å². The average Bonchev–Trinajstić information content (AvgIpc) is 2.86. The number of rotatable bonds is 3. The highest BCUT2D eigenvalue weighted by atomic mass is 32.1. The largest absolute Gasteiger partial charge is 0.347 e. The fourth-order valence-corrected chi connectivity index (χ4v) is 3.05. The van der Waals surface area contributed by atoms with Crippen LogP contribution in [0.25, 0.3) is 0 Å². The Morgan fingerprint density at radius 3 is 2.94 bits per heavy atom. The highest BCUT2D eigenvalue weighted by molar-refractivity contribution is 7.11. The molecule has 17 heavy (non-hydrogen) atoms. The summed E-state index contributed by atoms with van der Waals surface area (Å²) in [5, 5.41) is 3.97. The molecule has 3 N–H and O–H groups in total. The molecule has 0 saturated heterocycles. The first-order chi connectivity index (χ1) is 8.08. The molecule has 2 rings (SSSR count). The minimum atomic E-state index is -0.0194. The van der Waals surface area contributed by atoms with Crippen molar-refractivity contribution in [3.63, 3.8) is 0 Å². The van der Waals surface area contributed by atoms with Crippen LogP contribution in [0.2, 0.25) is 0 Å². The number of thiazole rings is 1. The van der Waals surface area contributed by atoms with E-state index in [1.54, 1.807) is 11.3 Å². The number of hydrogen-bond acceptors (Lipinski definition) is 4. The van der Waals surface area contributed by atoms with Crippen LogP contribution in [0.4, 0.5) is 0 Å². The summed E-state index contributed by atoms with van der Waals surface area (Å²) < 4.78 is 0. The number of amides is 1. The Balaban J connectivity index is 1.94. The highest BCUT2D eigenvalue weighted by Crippen LogP contribution is 2.25. The van der Waals surface area contributed by atoms with Crippen LogP contribution >= 0.6 is 11.3 Å². The molecule has 1 heterocycles. The van der Waals surface area contributed by atoms with Crippen molar-refractivity contribution in [2.75, 3.05) is 0 Å². The van der Waals surface area contributed by atoms with Gasteiger partial charge in [0.15, 0.2) is 0 Å². The molecule has 0 aliphatic heterocycles. The molecule has 1 aliphatic carbocycles. The maximum absolute atomic E-state index is 12.0. The number of nitrogens with zero attached hydrogens (tertiary/aromatic N) is 1. The van der Waals surface area contributed by atoms with Crippen molar-refractivity contribution in [3.8, 4) is 0 Å². The lowest BCUT2D eigenvalue weighted by atomic mass is 10.0. The molecule has 0 bridgehead atoms. The van der Waals surface area contributed by atoms with Crippen LogP contribution in [-0.4, -0.2) is 16.9 Å². The molecule has 4 nitrogen and oxygen atoms in total. The SMILES string of the molecule is Cc1cnc(C(C)NC(=O)C2CCCC2N)s1. The molecule has 1 aliphatic rings. The summed E-state index contributed by atoms with van der Waals surface area (Å²) in [7, 11) is 0. The molecule has 1 aromatic rings. The van der Waals surface area contributed by atoms with Crippen LogP contribution in [0.1, 0.15) is 42.1 Å². The normalized spacial score (nSPS) is 25.8. The van der Waals surface area contributed by atoms with Gasteiger partial charge in [-0.3, -0.25) is 4.79 Å². The fourth-order valence-electron chi connectivity index (χ4n) is 2.27. The first kappa shape index (κ1) is 12.5. The lowest BCUT2D eigenvalue weighted by molar-refractivity contribution is -0.125. The van der Waals surface area contributed by atoms with Gasteiger partial charge in [0.25, 0.3) is 0 Å². The first-order valence-electron chi connectivity index (χ1n) is 6.06. The van der Waals surface area contributed by atoms with Crippen molar-refractivity contribution >= 4 is 17.2 Å². The second kappa shape index (κ2) is 5.14. The average molecular weight is 253 g/mol. The lowest BCUT2D eigenvalue weighted by Crippen LogP contribution is -2.39. The molecule has 0 radical (unpaired) electrons. The van der Waals surface area contributed by atoms with Crippen molar-refractivity contribution in [3.05, 3.63) is 16.1 Å². The van der Waals surface area contributed by atoms with Crippen LogP contribution in [0.3, 0.4) is 0 Å². The number of carbonyl (C=O) groups excluding carboxylic acids is 1.